The molecule has 1 aromatic carbocycles. The Hall–Kier alpha value is -1.29. The zero-order chi connectivity index (χ0) is 10.7. The normalized spacial score (nSPS) is 10.3. The monoisotopic (exact) mass is 269 g/mol. The predicted octanol–water partition coefficient (Wildman–Crippen LogP) is 3.50. The van der Waals surface area contributed by atoms with E-state index in [4.69, 9.17) is 4.74 Å². The second-order valence-electron chi connectivity index (χ2n) is 3.08. The van der Waals surface area contributed by atoms with Crippen molar-refractivity contribution in [3.8, 4) is 5.75 Å². The van der Waals surface area contributed by atoms with Crippen LogP contribution in [0.15, 0.2) is 41.0 Å². The molecule has 78 valence electrons. The third-order valence-corrected chi connectivity index (χ3v) is 2.36. The smallest absolute Gasteiger partial charge is 0.128 e. The van der Waals surface area contributed by atoms with Crippen molar-refractivity contribution in [1.29, 1.82) is 0 Å². The number of H-pyrrole nitrogens is 1. The SMILES string of the molecule is Fc1cccc(OCc2ccc(Br)[nH]2)c1. The second-order valence-corrected chi connectivity index (χ2v) is 3.93. The van der Waals surface area contributed by atoms with Crippen molar-refractivity contribution in [2.24, 2.45) is 0 Å². The van der Waals surface area contributed by atoms with Gasteiger partial charge in [0, 0.05) is 6.07 Å². The van der Waals surface area contributed by atoms with Crippen molar-refractivity contribution in [3.63, 3.8) is 0 Å². The Labute approximate surface area is 95.2 Å². The highest BCUT2D eigenvalue weighted by Crippen LogP contribution is 2.15. The van der Waals surface area contributed by atoms with Gasteiger partial charge in [0.05, 0.1) is 10.3 Å². The molecule has 0 saturated carbocycles. The van der Waals surface area contributed by atoms with Crippen LogP contribution in [0.5, 0.6) is 5.75 Å². The van der Waals surface area contributed by atoms with E-state index in [-0.39, 0.29) is 5.82 Å². The van der Waals surface area contributed by atoms with Gasteiger partial charge in [0.1, 0.15) is 18.2 Å². The first-order chi connectivity index (χ1) is 7.24. The van der Waals surface area contributed by atoms with E-state index < -0.39 is 0 Å². The maximum atomic E-state index is 12.8. The fourth-order valence-corrected chi connectivity index (χ4v) is 1.60. The van der Waals surface area contributed by atoms with E-state index in [1.165, 1.54) is 12.1 Å². The molecule has 0 aliphatic rings. The largest absolute Gasteiger partial charge is 0.487 e. The Balaban J connectivity index is 1.99. The van der Waals surface area contributed by atoms with E-state index in [0.717, 1.165) is 10.3 Å². The number of benzene rings is 1. The van der Waals surface area contributed by atoms with Crippen LogP contribution in [-0.4, -0.2) is 4.98 Å². The third kappa shape index (κ3) is 2.83. The maximum Gasteiger partial charge on any atom is 0.128 e. The minimum absolute atomic E-state index is 0.292. The molecule has 0 fully saturated rings. The van der Waals surface area contributed by atoms with Crippen LogP contribution in [0.25, 0.3) is 0 Å². The van der Waals surface area contributed by atoms with Gasteiger partial charge in [0.2, 0.25) is 0 Å². The number of hydrogen-bond donors (Lipinski definition) is 1. The molecular formula is C11H9BrFNO. The topological polar surface area (TPSA) is 25.0 Å². The van der Waals surface area contributed by atoms with Crippen molar-refractivity contribution >= 4 is 15.9 Å². The molecule has 0 aliphatic heterocycles. The van der Waals surface area contributed by atoms with Crippen LogP contribution in [0.2, 0.25) is 0 Å². The zero-order valence-electron chi connectivity index (χ0n) is 7.84. The van der Waals surface area contributed by atoms with E-state index in [9.17, 15) is 4.39 Å². The Bertz CT molecular complexity index is 455. The highest BCUT2D eigenvalue weighted by Gasteiger charge is 1.99. The first-order valence-corrected chi connectivity index (χ1v) is 5.25. The molecule has 0 spiro atoms. The quantitative estimate of drug-likeness (QED) is 0.907. The van der Waals surface area contributed by atoms with Gasteiger partial charge in [0.25, 0.3) is 0 Å². The molecule has 15 heavy (non-hydrogen) atoms. The van der Waals surface area contributed by atoms with Gasteiger partial charge in [-0.3, -0.25) is 0 Å². The van der Waals surface area contributed by atoms with Crippen LogP contribution in [-0.2, 0) is 6.61 Å². The molecule has 0 saturated heterocycles. The Morgan fingerprint density at radius 1 is 1.27 bits per heavy atom. The van der Waals surface area contributed by atoms with E-state index in [1.807, 2.05) is 12.1 Å². The molecule has 1 heterocycles. The lowest BCUT2D eigenvalue weighted by molar-refractivity contribution is 0.300. The first-order valence-electron chi connectivity index (χ1n) is 4.46. The Morgan fingerprint density at radius 3 is 2.80 bits per heavy atom. The van der Waals surface area contributed by atoms with E-state index in [1.54, 1.807) is 12.1 Å². The molecule has 2 rings (SSSR count). The maximum absolute atomic E-state index is 12.8. The summed E-state index contributed by atoms with van der Waals surface area (Å²) in [4.78, 5) is 3.06. The van der Waals surface area contributed by atoms with Crippen LogP contribution in [0.3, 0.4) is 0 Å². The van der Waals surface area contributed by atoms with Gasteiger partial charge < -0.3 is 9.72 Å². The number of aromatic amines is 1. The summed E-state index contributed by atoms with van der Waals surface area (Å²) in [6.45, 7) is 0.398. The fraction of sp³-hybridized carbons (Fsp3) is 0.0909. The minimum atomic E-state index is -0.292. The minimum Gasteiger partial charge on any atom is -0.487 e. The molecule has 0 radical (unpaired) electrons. The van der Waals surface area contributed by atoms with Crippen LogP contribution >= 0.6 is 15.9 Å². The lowest BCUT2D eigenvalue weighted by atomic mass is 10.3. The summed E-state index contributed by atoms with van der Waals surface area (Å²) < 4.78 is 19.1. The van der Waals surface area contributed by atoms with Crippen molar-refractivity contribution in [2.45, 2.75) is 6.61 Å². The molecule has 1 aromatic heterocycles. The number of aromatic nitrogens is 1. The van der Waals surface area contributed by atoms with Gasteiger partial charge in [0.15, 0.2) is 0 Å². The molecule has 0 unspecified atom stereocenters. The number of ether oxygens (including phenoxy) is 1. The van der Waals surface area contributed by atoms with Gasteiger partial charge in [-0.15, -0.1) is 0 Å². The van der Waals surface area contributed by atoms with Crippen LogP contribution in [0, 0.1) is 5.82 Å². The summed E-state index contributed by atoms with van der Waals surface area (Å²) in [5, 5.41) is 0. The highest BCUT2D eigenvalue weighted by molar-refractivity contribution is 9.10. The van der Waals surface area contributed by atoms with Crippen molar-refractivity contribution < 1.29 is 9.13 Å². The fourth-order valence-electron chi connectivity index (χ4n) is 1.21. The third-order valence-electron chi connectivity index (χ3n) is 1.90. The lowest BCUT2D eigenvalue weighted by Crippen LogP contribution is -1.95. The Kier molecular flexibility index (Phi) is 3.06. The van der Waals surface area contributed by atoms with Gasteiger partial charge >= 0.3 is 0 Å². The molecule has 2 aromatic rings. The summed E-state index contributed by atoms with van der Waals surface area (Å²) in [5.41, 5.74) is 0.936. The standard InChI is InChI=1S/C11H9BrFNO/c12-11-5-4-9(14-11)7-15-10-3-1-2-8(13)6-10/h1-6,14H,7H2. The number of halogens is 2. The molecule has 0 aliphatic carbocycles. The van der Waals surface area contributed by atoms with Crippen molar-refractivity contribution in [1.82, 2.24) is 4.98 Å². The summed E-state index contributed by atoms with van der Waals surface area (Å²) >= 11 is 3.30. The number of rotatable bonds is 3. The summed E-state index contributed by atoms with van der Waals surface area (Å²) in [6, 6.07) is 9.89. The number of nitrogens with one attached hydrogen (secondary N) is 1. The van der Waals surface area contributed by atoms with Gasteiger partial charge in [-0.2, -0.15) is 0 Å². The van der Waals surface area contributed by atoms with E-state index in [0.29, 0.717) is 12.4 Å². The van der Waals surface area contributed by atoms with Gasteiger partial charge in [-0.05, 0) is 40.2 Å². The first kappa shape index (κ1) is 10.2. The average Bonchev–Trinajstić information content (AvgIpc) is 2.62. The van der Waals surface area contributed by atoms with Gasteiger partial charge in [-0.1, -0.05) is 6.07 Å². The van der Waals surface area contributed by atoms with Crippen LogP contribution in [0.1, 0.15) is 5.69 Å². The molecule has 1 N–H and O–H groups in total. The predicted molar refractivity (Wildman–Crippen MR) is 59.2 cm³/mol. The summed E-state index contributed by atoms with van der Waals surface area (Å²) in [6.07, 6.45) is 0. The second kappa shape index (κ2) is 4.49. The summed E-state index contributed by atoms with van der Waals surface area (Å²) in [5.74, 6) is 0.237. The molecule has 0 bridgehead atoms. The highest BCUT2D eigenvalue weighted by atomic mass is 79.9. The average molecular weight is 270 g/mol. The van der Waals surface area contributed by atoms with Crippen LogP contribution in [0.4, 0.5) is 4.39 Å². The van der Waals surface area contributed by atoms with Crippen LogP contribution < -0.4 is 4.74 Å². The molecule has 2 nitrogen and oxygen atoms in total. The Morgan fingerprint density at radius 2 is 2.13 bits per heavy atom. The summed E-state index contributed by atoms with van der Waals surface area (Å²) in [7, 11) is 0. The molecule has 0 atom stereocenters. The molecule has 0 amide bonds. The van der Waals surface area contributed by atoms with Crippen molar-refractivity contribution in [2.75, 3.05) is 0 Å². The van der Waals surface area contributed by atoms with Gasteiger partial charge in [-0.25, -0.2) is 4.39 Å². The van der Waals surface area contributed by atoms with E-state index >= 15 is 0 Å². The lowest BCUT2D eigenvalue weighted by Gasteiger charge is -2.04. The zero-order valence-corrected chi connectivity index (χ0v) is 9.42. The van der Waals surface area contributed by atoms with E-state index in [2.05, 4.69) is 20.9 Å². The molecular weight excluding hydrogens is 261 g/mol. The van der Waals surface area contributed by atoms with Crippen molar-refractivity contribution in [3.05, 3.63) is 52.5 Å². The number of hydrogen-bond acceptors (Lipinski definition) is 1. The molecule has 4 heteroatoms.